The molecule has 0 spiro atoms. The molecule has 1 aromatic carbocycles. The normalized spacial score (nSPS) is 21.0. The molecule has 2 atom stereocenters. The molecule has 140 valence electrons. The summed E-state index contributed by atoms with van der Waals surface area (Å²) in [6.45, 7) is 8.96. The summed E-state index contributed by atoms with van der Waals surface area (Å²) < 4.78 is 0. The van der Waals surface area contributed by atoms with Gasteiger partial charge in [0.15, 0.2) is 0 Å². The lowest BCUT2D eigenvalue weighted by Gasteiger charge is -2.34. The van der Waals surface area contributed by atoms with E-state index in [1.165, 1.54) is 19.5 Å². The van der Waals surface area contributed by atoms with E-state index in [4.69, 9.17) is 11.6 Å². The highest BCUT2D eigenvalue weighted by Gasteiger charge is 2.20. The van der Waals surface area contributed by atoms with Crippen molar-refractivity contribution in [1.29, 1.82) is 0 Å². The highest BCUT2D eigenvalue weighted by molar-refractivity contribution is 6.29. The summed E-state index contributed by atoms with van der Waals surface area (Å²) in [5.41, 5.74) is 1.47. The summed E-state index contributed by atoms with van der Waals surface area (Å²) in [6.07, 6.45) is 3.48. The molecule has 0 aliphatic carbocycles. The first-order valence-corrected chi connectivity index (χ1v) is 9.96. The molecule has 1 aliphatic rings. The number of carbonyl (C=O) groups excluding carboxylic acids is 1. The van der Waals surface area contributed by atoms with Crippen LogP contribution in [0, 0.1) is 11.8 Å². The fraction of sp³-hybridized carbons (Fsp3) is 0.524. The summed E-state index contributed by atoms with van der Waals surface area (Å²) in [4.78, 5) is 19.2. The molecule has 1 aromatic heterocycles. The number of nitrogens with zero attached hydrogens (tertiary/aromatic N) is 2. The molecule has 1 aliphatic heterocycles. The van der Waals surface area contributed by atoms with Gasteiger partial charge in [0.05, 0.1) is 5.52 Å². The summed E-state index contributed by atoms with van der Waals surface area (Å²) in [5.74, 6) is 1.58. The quantitative estimate of drug-likeness (QED) is 0.603. The smallest absolute Gasteiger partial charge is 0.251 e. The Hall–Kier alpha value is -1.65. The minimum Gasteiger partial charge on any atom is -0.352 e. The Morgan fingerprint density at radius 2 is 1.96 bits per heavy atom. The molecule has 3 rings (SSSR count). The third-order valence-electron chi connectivity index (χ3n) is 5.05. The monoisotopic (exact) mass is 373 g/mol. The van der Waals surface area contributed by atoms with Crippen LogP contribution in [0.4, 0.5) is 0 Å². The number of fused-ring (bicyclic) bond motifs is 1. The van der Waals surface area contributed by atoms with E-state index < -0.39 is 0 Å². The molecule has 2 aromatic rings. The predicted octanol–water partition coefficient (Wildman–Crippen LogP) is 4.38. The number of pyridine rings is 1. The Kier molecular flexibility index (Phi) is 6.49. The fourth-order valence-electron chi connectivity index (χ4n) is 3.98. The minimum absolute atomic E-state index is 0.0259. The molecule has 1 fully saturated rings. The van der Waals surface area contributed by atoms with Crippen LogP contribution in [0.5, 0.6) is 0 Å². The van der Waals surface area contributed by atoms with Gasteiger partial charge in [0.1, 0.15) is 5.15 Å². The van der Waals surface area contributed by atoms with Crippen molar-refractivity contribution in [3.05, 3.63) is 41.0 Å². The molecular weight excluding hydrogens is 346 g/mol. The maximum Gasteiger partial charge on any atom is 0.251 e. The van der Waals surface area contributed by atoms with Gasteiger partial charge in [-0.15, -0.1) is 0 Å². The number of halogens is 1. The number of unbranched alkanes of at least 4 members (excludes halogenated alkanes) is 1. The van der Waals surface area contributed by atoms with Crippen LogP contribution < -0.4 is 5.32 Å². The van der Waals surface area contributed by atoms with Gasteiger partial charge >= 0.3 is 0 Å². The number of hydrogen-bond acceptors (Lipinski definition) is 3. The van der Waals surface area contributed by atoms with Gasteiger partial charge in [0, 0.05) is 30.6 Å². The third-order valence-corrected chi connectivity index (χ3v) is 5.26. The topological polar surface area (TPSA) is 45.2 Å². The predicted molar refractivity (Wildman–Crippen MR) is 108 cm³/mol. The van der Waals surface area contributed by atoms with Crippen LogP contribution in [0.15, 0.2) is 30.3 Å². The maximum atomic E-state index is 12.3. The van der Waals surface area contributed by atoms with Crippen LogP contribution in [0.1, 0.15) is 43.5 Å². The van der Waals surface area contributed by atoms with Crippen molar-refractivity contribution >= 4 is 28.4 Å². The molecule has 5 heteroatoms. The Morgan fingerprint density at radius 3 is 2.73 bits per heavy atom. The number of piperidine rings is 1. The first-order valence-electron chi connectivity index (χ1n) is 9.58. The number of carbonyl (C=O) groups is 1. The largest absolute Gasteiger partial charge is 0.352 e. The van der Waals surface area contributed by atoms with Crippen molar-refractivity contribution in [2.45, 2.75) is 33.1 Å². The van der Waals surface area contributed by atoms with E-state index in [0.29, 0.717) is 17.3 Å². The van der Waals surface area contributed by atoms with Crippen molar-refractivity contribution in [3.63, 3.8) is 0 Å². The van der Waals surface area contributed by atoms with Crippen LogP contribution in [-0.2, 0) is 0 Å². The standard InChI is InChI=1S/C21H28ClN3O/c1-15-11-16(2)14-25(13-15)10-4-3-9-23-21(26)18-5-7-19-17(12-18)6-8-20(22)24-19/h5-8,12,15-16H,3-4,9-11,13-14H2,1-2H3,(H,23,26). The van der Waals surface area contributed by atoms with E-state index in [1.54, 1.807) is 12.1 Å². The number of nitrogens with one attached hydrogen (secondary N) is 1. The second kappa shape index (κ2) is 8.83. The van der Waals surface area contributed by atoms with Crippen molar-refractivity contribution in [3.8, 4) is 0 Å². The lowest BCUT2D eigenvalue weighted by atomic mass is 9.92. The second-order valence-corrected chi connectivity index (χ2v) is 8.10. The first-order chi connectivity index (χ1) is 12.5. The van der Waals surface area contributed by atoms with E-state index in [1.807, 2.05) is 18.2 Å². The lowest BCUT2D eigenvalue weighted by Crippen LogP contribution is -2.39. The number of benzene rings is 1. The Balaban J connectivity index is 1.42. The average molecular weight is 374 g/mol. The molecule has 2 heterocycles. The van der Waals surface area contributed by atoms with E-state index in [9.17, 15) is 4.79 Å². The maximum absolute atomic E-state index is 12.3. The van der Waals surface area contributed by atoms with E-state index >= 15 is 0 Å². The lowest BCUT2D eigenvalue weighted by molar-refractivity contribution is 0.0951. The summed E-state index contributed by atoms with van der Waals surface area (Å²) in [7, 11) is 0. The Bertz CT molecular complexity index is 754. The van der Waals surface area contributed by atoms with E-state index in [2.05, 4.69) is 29.0 Å². The van der Waals surface area contributed by atoms with Gasteiger partial charge in [-0.3, -0.25) is 4.79 Å². The van der Waals surface area contributed by atoms with Gasteiger partial charge in [-0.2, -0.15) is 0 Å². The fourth-order valence-corrected chi connectivity index (χ4v) is 4.14. The number of amides is 1. The third kappa shape index (κ3) is 5.18. The number of aromatic nitrogens is 1. The molecule has 26 heavy (non-hydrogen) atoms. The van der Waals surface area contributed by atoms with Crippen LogP contribution in [0.25, 0.3) is 10.9 Å². The van der Waals surface area contributed by atoms with Crippen LogP contribution in [0.3, 0.4) is 0 Å². The number of likely N-dealkylation sites (tertiary alicyclic amines) is 1. The van der Waals surface area contributed by atoms with Gasteiger partial charge in [-0.25, -0.2) is 4.98 Å². The minimum atomic E-state index is -0.0259. The zero-order valence-corrected chi connectivity index (χ0v) is 16.4. The van der Waals surface area contributed by atoms with Crippen molar-refractivity contribution < 1.29 is 4.79 Å². The van der Waals surface area contributed by atoms with E-state index in [-0.39, 0.29) is 5.91 Å². The molecule has 4 nitrogen and oxygen atoms in total. The average Bonchev–Trinajstić information content (AvgIpc) is 2.60. The zero-order chi connectivity index (χ0) is 18.5. The summed E-state index contributed by atoms with van der Waals surface area (Å²) in [6, 6.07) is 9.15. The molecular formula is C21H28ClN3O. The molecule has 0 saturated carbocycles. The Morgan fingerprint density at radius 1 is 1.19 bits per heavy atom. The van der Waals surface area contributed by atoms with Crippen molar-refractivity contribution in [2.24, 2.45) is 11.8 Å². The molecule has 2 unspecified atom stereocenters. The molecule has 1 N–H and O–H groups in total. The van der Waals surface area contributed by atoms with Gasteiger partial charge in [0.25, 0.3) is 5.91 Å². The zero-order valence-electron chi connectivity index (χ0n) is 15.7. The summed E-state index contributed by atoms with van der Waals surface area (Å²) in [5, 5.41) is 4.42. The number of hydrogen-bond donors (Lipinski definition) is 1. The van der Waals surface area contributed by atoms with Crippen molar-refractivity contribution in [2.75, 3.05) is 26.2 Å². The highest BCUT2D eigenvalue weighted by Crippen LogP contribution is 2.21. The second-order valence-electron chi connectivity index (χ2n) is 7.71. The van der Waals surface area contributed by atoms with Gasteiger partial charge in [-0.05, 0) is 68.0 Å². The molecule has 0 bridgehead atoms. The van der Waals surface area contributed by atoms with Crippen molar-refractivity contribution in [1.82, 2.24) is 15.2 Å². The van der Waals surface area contributed by atoms with Crippen LogP contribution in [-0.4, -0.2) is 42.0 Å². The SMILES string of the molecule is CC1CC(C)CN(CCCCNC(=O)c2ccc3nc(Cl)ccc3c2)C1. The van der Waals surface area contributed by atoms with Crippen LogP contribution in [0.2, 0.25) is 5.15 Å². The highest BCUT2D eigenvalue weighted by atomic mass is 35.5. The molecule has 0 radical (unpaired) electrons. The first kappa shape index (κ1) is 19.1. The van der Waals surface area contributed by atoms with Gasteiger partial charge < -0.3 is 10.2 Å². The van der Waals surface area contributed by atoms with Gasteiger partial charge in [0.2, 0.25) is 0 Å². The van der Waals surface area contributed by atoms with E-state index in [0.717, 1.165) is 42.1 Å². The Labute approximate surface area is 160 Å². The molecule has 1 saturated heterocycles. The number of rotatable bonds is 6. The van der Waals surface area contributed by atoms with Gasteiger partial charge in [-0.1, -0.05) is 25.4 Å². The summed E-state index contributed by atoms with van der Waals surface area (Å²) >= 11 is 5.90. The van der Waals surface area contributed by atoms with Crippen LogP contribution >= 0.6 is 11.6 Å². The molecule has 1 amide bonds.